The second-order valence-corrected chi connectivity index (χ2v) is 9.22. The zero-order valence-electron chi connectivity index (χ0n) is 21.8. The van der Waals surface area contributed by atoms with E-state index in [2.05, 4.69) is 27.5 Å². The molecular formula is C29H28N6O3. The molecule has 0 bridgehead atoms. The van der Waals surface area contributed by atoms with Crippen LogP contribution in [0, 0.1) is 32.1 Å². The van der Waals surface area contributed by atoms with Crippen LogP contribution >= 0.6 is 0 Å². The monoisotopic (exact) mass is 508 g/mol. The maximum Gasteiger partial charge on any atom is 0.292 e. The molecule has 2 aromatic heterocycles. The number of aryl methyl sites for hydroxylation is 3. The number of aromatic nitrogens is 3. The van der Waals surface area contributed by atoms with Gasteiger partial charge in [0, 0.05) is 11.1 Å². The molecule has 4 aromatic rings. The first-order valence-electron chi connectivity index (χ1n) is 12.3. The van der Waals surface area contributed by atoms with Crippen molar-refractivity contribution in [2.45, 2.75) is 47.0 Å². The van der Waals surface area contributed by atoms with Crippen LogP contribution in [0.3, 0.4) is 0 Å². The molecule has 2 aromatic carbocycles. The highest BCUT2D eigenvalue weighted by Gasteiger charge is 2.20. The molecule has 4 rings (SSSR count). The molecule has 0 aliphatic rings. The first-order valence-corrected chi connectivity index (χ1v) is 12.3. The van der Waals surface area contributed by atoms with Crippen molar-refractivity contribution in [3.8, 4) is 11.8 Å². The van der Waals surface area contributed by atoms with Crippen molar-refractivity contribution in [3.05, 3.63) is 102 Å². The predicted molar refractivity (Wildman–Crippen MR) is 147 cm³/mol. The lowest BCUT2D eigenvalue weighted by Gasteiger charge is -2.11. The number of aromatic amines is 1. The smallest absolute Gasteiger partial charge is 0.292 e. The van der Waals surface area contributed by atoms with Gasteiger partial charge in [0.1, 0.15) is 11.6 Å². The van der Waals surface area contributed by atoms with Crippen molar-refractivity contribution >= 4 is 23.0 Å². The van der Waals surface area contributed by atoms with Gasteiger partial charge in [0.05, 0.1) is 17.5 Å². The molecule has 2 N–H and O–H groups in total. The largest absolute Gasteiger partial charge is 0.321 e. The van der Waals surface area contributed by atoms with E-state index in [1.165, 1.54) is 18.7 Å². The maximum atomic E-state index is 13.0. The number of nitrogens with one attached hydrogen (secondary N) is 2. The lowest BCUT2D eigenvalue weighted by atomic mass is 10.0. The van der Waals surface area contributed by atoms with Gasteiger partial charge in [-0.05, 0) is 86.0 Å². The molecule has 0 aliphatic carbocycles. The minimum atomic E-state index is -0.716. The first kappa shape index (κ1) is 26.2. The number of pyridine rings is 1. The van der Waals surface area contributed by atoms with Gasteiger partial charge in [-0.15, -0.1) is 0 Å². The minimum absolute atomic E-state index is 0.121. The molecule has 9 nitrogen and oxygen atoms in total. The van der Waals surface area contributed by atoms with Crippen molar-refractivity contribution in [1.82, 2.24) is 20.2 Å². The molecular weight excluding hydrogens is 480 g/mol. The lowest BCUT2D eigenvalue weighted by molar-refractivity contribution is 0.0947. The van der Waals surface area contributed by atoms with Gasteiger partial charge in [0.2, 0.25) is 0 Å². The summed E-state index contributed by atoms with van der Waals surface area (Å²) in [6.07, 6.45) is 4.38. The van der Waals surface area contributed by atoms with Crippen LogP contribution in [0.5, 0.6) is 0 Å². The number of carbonyl (C=O) groups is 1. The summed E-state index contributed by atoms with van der Waals surface area (Å²) in [6, 6.07) is 14.8. The van der Waals surface area contributed by atoms with Gasteiger partial charge in [-0.1, -0.05) is 25.5 Å². The molecule has 2 heterocycles. The van der Waals surface area contributed by atoms with E-state index in [1.54, 1.807) is 18.2 Å². The molecule has 1 amide bonds. The van der Waals surface area contributed by atoms with Crippen molar-refractivity contribution < 1.29 is 4.79 Å². The third-order valence-electron chi connectivity index (χ3n) is 6.52. The third-order valence-corrected chi connectivity index (χ3v) is 6.52. The molecule has 0 spiro atoms. The van der Waals surface area contributed by atoms with Gasteiger partial charge < -0.3 is 4.98 Å². The molecule has 0 radical (unpaired) electrons. The number of amides is 1. The molecule has 0 aliphatic heterocycles. The number of carbonyl (C=O) groups excluding carboxylic acids is 1. The molecule has 9 heteroatoms. The summed E-state index contributed by atoms with van der Waals surface area (Å²) < 4.78 is 1.04. The Kier molecular flexibility index (Phi) is 7.63. The number of hydrogen-bond acceptors (Lipinski definition) is 6. The van der Waals surface area contributed by atoms with Crippen molar-refractivity contribution in [3.63, 3.8) is 0 Å². The normalized spacial score (nSPS) is 11.1. The Morgan fingerprint density at radius 1 is 1.13 bits per heavy atom. The summed E-state index contributed by atoms with van der Waals surface area (Å²) in [5.41, 5.74) is 5.81. The first-order chi connectivity index (χ1) is 18.2. The fourth-order valence-corrected chi connectivity index (χ4v) is 4.10. The molecule has 38 heavy (non-hydrogen) atoms. The standard InChI is InChI=1S/C29H28N6O3/c1-5-6-7-20-9-11-25-21(13-20)14-22(27(36)32-25)16-31-33-28(37)26-19(4)24(15-30)29(38)35(34-26)23-10-8-17(2)18(3)12-23/h8-14,16H,5-7H2,1-4H3,(H,32,36)(H,33,37)/b31-16+. The minimum Gasteiger partial charge on any atom is -0.321 e. The average Bonchev–Trinajstić information content (AvgIpc) is 2.89. The highest BCUT2D eigenvalue weighted by Crippen LogP contribution is 2.16. The van der Waals surface area contributed by atoms with Gasteiger partial charge in [0.15, 0.2) is 5.69 Å². The van der Waals surface area contributed by atoms with Crippen LogP contribution in [-0.4, -0.2) is 26.9 Å². The van der Waals surface area contributed by atoms with E-state index in [-0.39, 0.29) is 27.9 Å². The summed E-state index contributed by atoms with van der Waals surface area (Å²) in [7, 11) is 0. The Bertz CT molecular complexity index is 1740. The van der Waals surface area contributed by atoms with Crippen LogP contribution < -0.4 is 16.5 Å². The van der Waals surface area contributed by atoms with E-state index in [9.17, 15) is 19.6 Å². The Hall–Kier alpha value is -4.84. The number of nitrogens with zero attached hydrogens (tertiary/aromatic N) is 4. The van der Waals surface area contributed by atoms with Crippen LogP contribution in [0.4, 0.5) is 0 Å². The van der Waals surface area contributed by atoms with Crippen molar-refractivity contribution in [2.75, 3.05) is 0 Å². The van der Waals surface area contributed by atoms with Gasteiger partial charge >= 0.3 is 0 Å². The van der Waals surface area contributed by atoms with E-state index in [0.717, 1.165) is 40.5 Å². The maximum absolute atomic E-state index is 13.0. The number of nitriles is 1. The fraction of sp³-hybridized carbons (Fsp3) is 0.241. The molecule has 0 fully saturated rings. The zero-order chi connectivity index (χ0) is 27.4. The highest BCUT2D eigenvalue weighted by atomic mass is 16.2. The Labute approximate surface area is 219 Å². The topological polar surface area (TPSA) is 133 Å². The number of hydrogen-bond donors (Lipinski definition) is 2. The van der Waals surface area contributed by atoms with E-state index < -0.39 is 11.5 Å². The Morgan fingerprint density at radius 2 is 1.92 bits per heavy atom. The molecule has 0 saturated heterocycles. The summed E-state index contributed by atoms with van der Waals surface area (Å²) in [5.74, 6) is -0.716. The molecule has 0 saturated carbocycles. The van der Waals surface area contributed by atoms with Crippen LogP contribution in [-0.2, 0) is 6.42 Å². The van der Waals surface area contributed by atoms with Crippen LogP contribution in [0.1, 0.15) is 63.6 Å². The van der Waals surface area contributed by atoms with E-state index in [0.29, 0.717) is 11.2 Å². The second kappa shape index (κ2) is 11.0. The SMILES string of the molecule is CCCCc1ccc2[nH]c(=O)c(/C=N/NC(=O)c3nn(-c4ccc(C)c(C)c4)c(=O)c(C#N)c3C)cc2c1. The molecule has 192 valence electrons. The number of fused-ring (bicyclic) bond motifs is 1. The quantitative estimate of drug-likeness (QED) is 0.288. The number of benzene rings is 2. The number of hydrazone groups is 1. The summed E-state index contributed by atoms with van der Waals surface area (Å²) in [5, 5.41) is 18.6. The van der Waals surface area contributed by atoms with Gasteiger partial charge in [-0.3, -0.25) is 14.4 Å². The Morgan fingerprint density at radius 3 is 2.63 bits per heavy atom. The second-order valence-electron chi connectivity index (χ2n) is 9.22. The van der Waals surface area contributed by atoms with E-state index >= 15 is 0 Å². The number of rotatable bonds is 7. The third kappa shape index (κ3) is 5.30. The highest BCUT2D eigenvalue weighted by molar-refractivity contribution is 5.95. The summed E-state index contributed by atoms with van der Waals surface area (Å²) in [6.45, 7) is 7.46. The van der Waals surface area contributed by atoms with Crippen molar-refractivity contribution in [1.29, 1.82) is 5.26 Å². The predicted octanol–water partition coefficient (Wildman–Crippen LogP) is 3.98. The van der Waals surface area contributed by atoms with Crippen molar-refractivity contribution in [2.24, 2.45) is 5.10 Å². The fourth-order valence-electron chi connectivity index (χ4n) is 4.10. The van der Waals surface area contributed by atoms with Crippen LogP contribution in [0.2, 0.25) is 0 Å². The van der Waals surface area contributed by atoms with E-state index in [1.807, 2.05) is 44.2 Å². The number of H-pyrrole nitrogens is 1. The van der Waals surface area contributed by atoms with Crippen LogP contribution in [0.15, 0.2) is 57.2 Å². The van der Waals surface area contributed by atoms with Gasteiger partial charge in [-0.25, -0.2) is 5.43 Å². The summed E-state index contributed by atoms with van der Waals surface area (Å²) in [4.78, 5) is 41.2. The summed E-state index contributed by atoms with van der Waals surface area (Å²) >= 11 is 0. The lowest BCUT2D eigenvalue weighted by Crippen LogP contribution is -2.31. The van der Waals surface area contributed by atoms with E-state index in [4.69, 9.17) is 0 Å². The van der Waals surface area contributed by atoms with Gasteiger partial charge in [-0.2, -0.15) is 20.1 Å². The van der Waals surface area contributed by atoms with Gasteiger partial charge in [0.25, 0.3) is 17.0 Å². The average molecular weight is 509 g/mol. The number of unbranched alkanes of at least 4 members (excludes halogenated alkanes) is 1. The molecule has 0 atom stereocenters. The van der Waals surface area contributed by atoms with Crippen LogP contribution in [0.25, 0.3) is 16.6 Å². The molecule has 0 unspecified atom stereocenters. The Balaban J connectivity index is 1.64. The zero-order valence-corrected chi connectivity index (χ0v) is 21.8.